The molecule has 1 aliphatic carbocycles. The van der Waals surface area contributed by atoms with Gasteiger partial charge in [0.05, 0.1) is 5.92 Å². The van der Waals surface area contributed by atoms with E-state index in [4.69, 9.17) is 0 Å². The van der Waals surface area contributed by atoms with Crippen LogP contribution in [0.1, 0.15) is 53.4 Å². The summed E-state index contributed by atoms with van der Waals surface area (Å²) in [5.41, 5.74) is 0. The minimum Gasteiger partial charge on any atom is -0.481 e. The van der Waals surface area contributed by atoms with E-state index in [0.29, 0.717) is 18.3 Å². The second kappa shape index (κ2) is 5.74. The van der Waals surface area contributed by atoms with Crippen molar-refractivity contribution in [3.63, 3.8) is 0 Å². The van der Waals surface area contributed by atoms with Crippen molar-refractivity contribution in [3.8, 4) is 0 Å². The number of amides is 1. The van der Waals surface area contributed by atoms with Gasteiger partial charge in [0.15, 0.2) is 0 Å². The second-order valence-corrected chi connectivity index (χ2v) is 7.16. The first-order valence-electron chi connectivity index (χ1n) is 7.85. The second-order valence-electron chi connectivity index (χ2n) is 7.16. The Hall–Kier alpha value is -1.06. The van der Waals surface area contributed by atoms with Gasteiger partial charge in [-0.1, -0.05) is 20.8 Å². The van der Waals surface area contributed by atoms with Crippen molar-refractivity contribution in [2.45, 2.75) is 65.5 Å². The quantitative estimate of drug-likeness (QED) is 0.846. The highest BCUT2D eigenvalue weighted by atomic mass is 16.4. The third kappa shape index (κ3) is 2.84. The Kier molecular flexibility index (Phi) is 4.40. The zero-order chi connectivity index (χ0) is 15.0. The Morgan fingerprint density at radius 1 is 1.10 bits per heavy atom. The Balaban J connectivity index is 2.20. The monoisotopic (exact) mass is 281 g/mol. The molecule has 1 saturated carbocycles. The molecule has 0 aromatic rings. The molecule has 0 spiro atoms. The van der Waals surface area contributed by atoms with E-state index in [1.54, 1.807) is 0 Å². The third-order valence-electron chi connectivity index (χ3n) is 5.19. The van der Waals surface area contributed by atoms with Crippen LogP contribution in [-0.2, 0) is 9.59 Å². The molecular formula is C16H27NO3. The van der Waals surface area contributed by atoms with Crippen LogP contribution >= 0.6 is 0 Å². The van der Waals surface area contributed by atoms with Crippen LogP contribution in [0.5, 0.6) is 0 Å². The molecule has 0 aromatic carbocycles. The smallest absolute Gasteiger partial charge is 0.308 e. The van der Waals surface area contributed by atoms with E-state index in [-0.39, 0.29) is 23.9 Å². The predicted octanol–water partition coefficient (Wildman–Crippen LogP) is 2.77. The fourth-order valence-corrected chi connectivity index (χ4v) is 4.50. The lowest BCUT2D eigenvalue weighted by molar-refractivity contribution is -0.158. The lowest BCUT2D eigenvalue weighted by Gasteiger charge is -2.48. The fraction of sp³-hybridized carbons (Fsp3) is 0.875. The number of carbonyl (C=O) groups excluding carboxylic acids is 1. The molecule has 1 amide bonds. The first-order chi connectivity index (χ1) is 9.31. The molecule has 0 radical (unpaired) electrons. The molecule has 5 unspecified atom stereocenters. The summed E-state index contributed by atoms with van der Waals surface area (Å²) in [6.45, 7) is 8.27. The molecule has 2 fully saturated rings. The molecule has 5 atom stereocenters. The van der Waals surface area contributed by atoms with Crippen LogP contribution in [-0.4, -0.2) is 34.0 Å². The van der Waals surface area contributed by atoms with E-state index in [1.165, 1.54) is 6.42 Å². The van der Waals surface area contributed by atoms with Gasteiger partial charge in [-0.3, -0.25) is 9.59 Å². The SMILES string of the molecule is CC1CC(C)CC(N2C(=O)CC(C)C(C(=O)O)C2C)C1. The van der Waals surface area contributed by atoms with Crippen molar-refractivity contribution in [3.05, 3.63) is 0 Å². The van der Waals surface area contributed by atoms with Gasteiger partial charge in [0.25, 0.3) is 0 Å². The maximum atomic E-state index is 12.4. The van der Waals surface area contributed by atoms with Gasteiger partial charge < -0.3 is 10.0 Å². The van der Waals surface area contributed by atoms with E-state index in [0.717, 1.165) is 12.8 Å². The van der Waals surface area contributed by atoms with Gasteiger partial charge in [-0.15, -0.1) is 0 Å². The van der Waals surface area contributed by atoms with E-state index in [1.807, 2.05) is 18.7 Å². The van der Waals surface area contributed by atoms with Crippen molar-refractivity contribution < 1.29 is 14.7 Å². The summed E-state index contributed by atoms with van der Waals surface area (Å²) in [6, 6.07) is 0.0387. The fourth-order valence-electron chi connectivity index (χ4n) is 4.50. The van der Waals surface area contributed by atoms with E-state index in [9.17, 15) is 14.7 Å². The largest absolute Gasteiger partial charge is 0.481 e. The van der Waals surface area contributed by atoms with Crippen LogP contribution in [0, 0.1) is 23.7 Å². The first kappa shape index (κ1) is 15.3. The lowest BCUT2D eigenvalue weighted by Crippen LogP contribution is -2.57. The van der Waals surface area contributed by atoms with Crippen molar-refractivity contribution in [1.29, 1.82) is 0 Å². The van der Waals surface area contributed by atoms with Crippen LogP contribution in [0.2, 0.25) is 0 Å². The number of hydrogen-bond acceptors (Lipinski definition) is 2. The molecule has 1 heterocycles. The summed E-state index contributed by atoms with van der Waals surface area (Å²) in [5.74, 6) is 0.121. The number of likely N-dealkylation sites (tertiary alicyclic amines) is 1. The van der Waals surface area contributed by atoms with Crippen molar-refractivity contribution in [2.24, 2.45) is 23.7 Å². The topological polar surface area (TPSA) is 57.6 Å². The van der Waals surface area contributed by atoms with Crippen LogP contribution in [0.3, 0.4) is 0 Å². The average Bonchev–Trinajstić information content (AvgIpc) is 2.25. The highest BCUT2D eigenvalue weighted by Crippen LogP contribution is 2.38. The summed E-state index contributed by atoms with van der Waals surface area (Å²) in [4.78, 5) is 25.8. The Morgan fingerprint density at radius 3 is 2.15 bits per heavy atom. The minimum absolute atomic E-state index is 0.0651. The molecule has 2 aliphatic rings. The molecule has 0 aromatic heterocycles. The van der Waals surface area contributed by atoms with Gasteiger partial charge >= 0.3 is 5.97 Å². The molecule has 1 N–H and O–H groups in total. The van der Waals surface area contributed by atoms with Gasteiger partial charge in [-0.25, -0.2) is 0 Å². The lowest BCUT2D eigenvalue weighted by atomic mass is 9.75. The molecule has 1 aliphatic heterocycles. The summed E-state index contributed by atoms with van der Waals surface area (Å²) in [6.07, 6.45) is 3.62. The van der Waals surface area contributed by atoms with Crippen LogP contribution in [0.15, 0.2) is 0 Å². The Morgan fingerprint density at radius 2 is 1.65 bits per heavy atom. The first-order valence-corrected chi connectivity index (χ1v) is 7.85. The van der Waals surface area contributed by atoms with Gasteiger partial charge in [-0.2, -0.15) is 0 Å². The molecule has 114 valence electrons. The number of carboxylic acid groups (broad SMARTS) is 1. The number of carboxylic acids is 1. The molecule has 0 bridgehead atoms. The number of carbonyl (C=O) groups is 2. The van der Waals surface area contributed by atoms with Crippen molar-refractivity contribution >= 4 is 11.9 Å². The van der Waals surface area contributed by atoms with Gasteiger partial charge in [-0.05, 0) is 43.9 Å². The zero-order valence-corrected chi connectivity index (χ0v) is 13.0. The summed E-state index contributed by atoms with van der Waals surface area (Å²) in [7, 11) is 0. The summed E-state index contributed by atoms with van der Waals surface area (Å²) in [5, 5.41) is 9.45. The average molecular weight is 281 g/mol. The predicted molar refractivity (Wildman–Crippen MR) is 77.2 cm³/mol. The van der Waals surface area contributed by atoms with E-state index >= 15 is 0 Å². The van der Waals surface area contributed by atoms with Gasteiger partial charge in [0.1, 0.15) is 0 Å². The highest BCUT2D eigenvalue weighted by Gasteiger charge is 2.45. The number of piperidine rings is 1. The van der Waals surface area contributed by atoms with Crippen LogP contribution < -0.4 is 0 Å². The summed E-state index contributed by atoms with van der Waals surface area (Å²) < 4.78 is 0. The molecule has 4 heteroatoms. The summed E-state index contributed by atoms with van der Waals surface area (Å²) >= 11 is 0. The number of hydrogen-bond donors (Lipinski definition) is 1. The Labute approximate surface area is 121 Å². The maximum absolute atomic E-state index is 12.4. The van der Waals surface area contributed by atoms with Gasteiger partial charge in [0.2, 0.25) is 5.91 Å². The molecular weight excluding hydrogens is 254 g/mol. The standard InChI is InChI=1S/C16H27NO3/c1-9-5-10(2)7-13(6-9)17-12(4)15(16(19)20)11(3)8-14(17)18/h9-13,15H,5-8H2,1-4H3,(H,19,20). The molecule has 4 nitrogen and oxygen atoms in total. The van der Waals surface area contributed by atoms with Gasteiger partial charge in [0, 0.05) is 18.5 Å². The number of nitrogens with zero attached hydrogens (tertiary/aromatic N) is 1. The maximum Gasteiger partial charge on any atom is 0.308 e. The minimum atomic E-state index is -0.764. The number of rotatable bonds is 2. The zero-order valence-electron chi connectivity index (χ0n) is 13.0. The van der Waals surface area contributed by atoms with Crippen LogP contribution in [0.25, 0.3) is 0 Å². The molecule has 1 saturated heterocycles. The molecule has 2 rings (SSSR count). The van der Waals surface area contributed by atoms with Crippen molar-refractivity contribution in [2.75, 3.05) is 0 Å². The van der Waals surface area contributed by atoms with E-state index in [2.05, 4.69) is 13.8 Å². The highest BCUT2D eigenvalue weighted by molar-refractivity contribution is 5.82. The van der Waals surface area contributed by atoms with E-state index < -0.39 is 11.9 Å². The number of aliphatic carboxylic acids is 1. The van der Waals surface area contributed by atoms with Crippen LogP contribution in [0.4, 0.5) is 0 Å². The third-order valence-corrected chi connectivity index (χ3v) is 5.19. The normalized spacial score (nSPS) is 42.6. The Bertz CT molecular complexity index is 385. The molecule has 20 heavy (non-hydrogen) atoms. The van der Waals surface area contributed by atoms with Crippen molar-refractivity contribution in [1.82, 2.24) is 4.90 Å².